The fraction of sp³-hybridized carbons (Fsp3) is 0.364. The Kier molecular flexibility index (Phi) is 4.51. The van der Waals surface area contributed by atoms with Gasteiger partial charge in [-0.15, -0.1) is 0 Å². The maximum absolute atomic E-state index is 12.2. The summed E-state index contributed by atoms with van der Waals surface area (Å²) in [5.41, 5.74) is -0.411. The van der Waals surface area contributed by atoms with E-state index in [4.69, 9.17) is 4.74 Å². The number of nitrogens with one attached hydrogen (secondary N) is 1. The van der Waals surface area contributed by atoms with Crippen LogP contribution in [0.25, 0.3) is 0 Å². The molecule has 1 aromatic rings. The van der Waals surface area contributed by atoms with Crippen LogP contribution in [0, 0.1) is 0 Å². The summed E-state index contributed by atoms with van der Waals surface area (Å²) in [4.78, 5) is 11.2. The first kappa shape index (κ1) is 13.5. The molecule has 1 rings (SSSR count). The molecular weight excluding hydrogens is 235 g/mol. The molecule has 0 atom stereocenters. The number of benzene rings is 1. The predicted molar refractivity (Wildman–Crippen MR) is 56.6 cm³/mol. The number of amides is 1. The molecule has 6 heteroatoms. The number of hydrogen-bond acceptors (Lipinski definition) is 2. The number of anilines is 1. The highest BCUT2D eigenvalue weighted by atomic mass is 19.4. The van der Waals surface area contributed by atoms with Gasteiger partial charge in [-0.05, 0) is 24.3 Å². The van der Waals surface area contributed by atoms with Gasteiger partial charge in [0.2, 0.25) is 5.91 Å². The molecule has 0 aromatic heterocycles. The van der Waals surface area contributed by atoms with Gasteiger partial charge in [0.05, 0.1) is 18.6 Å². The second kappa shape index (κ2) is 5.67. The van der Waals surface area contributed by atoms with Gasteiger partial charge in [0, 0.05) is 12.8 Å². The molecule has 0 aliphatic carbocycles. The van der Waals surface area contributed by atoms with Gasteiger partial charge >= 0.3 is 6.18 Å². The molecule has 94 valence electrons. The minimum Gasteiger partial charge on any atom is -0.384 e. The third kappa shape index (κ3) is 4.44. The van der Waals surface area contributed by atoms with Gasteiger partial charge < -0.3 is 10.1 Å². The van der Waals surface area contributed by atoms with Crippen LogP contribution in [-0.2, 0) is 15.7 Å². The first-order valence-electron chi connectivity index (χ1n) is 4.89. The number of hydrogen-bond donors (Lipinski definition) is 1. The summed E-state index contributed by atoms with van der Waals surface area (Å²) in [5.74, 6) is -0.299. The fourth-order valence-corrected chi connectivity index (χ4v) is 1.16. The normalized spacial score (nSPS) is 11.3. The highest BCUT2D eigenvalue weighted by Crippen LogP contribution is 2.29. The number of methoxy groups -OCH3 is 1. The van der Waals surface area contributed by atoms with E-state index in [0.29, 0.717) is 5.69 Å². The Morgan fingerprint density at radius 1 is 1.29 bits per heavy atom. The van der Waals surface area contributed by atoms with Crippen molar-refractivity contribution in [1.29, 1.82) is 0 Å². The van der Waals surface area contributed by atoms with Crippen molar-refractivity contribution in [3.63, 3.8) is 0 Å². The minimum atomic E-state index is -4.36. The smallest absolute Gasteiger partial charge is 0.384 e. The molecule has 0 saturated heterocycles. The number of ether oxygens (including phenoxy) is 1. The van der Waals surface area contributed by atoms with Crippen molar-refractivity contribution in [3.05, 3.63) is 29.8 Å². The lowest BCUT2D eigenvalue weighted by atomic mass is 10.2. The largest absolute Gasteiger partial charge is 0.416 e. The first-order chi connectivity index (χ1) is 7.93. The Morgan fingerprint density at radius 3 is 2.35 bits per heavy atom. The van der Waals surface area contributed by atoms with E-state index in [2.05, 4.69) is 5.32 Å². The third-order valence-electron chi connectivity index (χ3n) is 2.03. The lowest BCUT2D eigenvalue weighted by molar-refractivity contribution is -0.137. The summed E-state index contributed by atoms with van der Waals surface area (Å²) in [7, 11) is 1.46. The molecule has 1 N–H and O–H groups in total. The van der Waals surface area contributed by atoms with Gasteiger partial charge in [0.25, 0.3) is 0 Å². The van der Waals surface area contributed by atoms with E-state index < -0.39 is 11.7 Å². The summed E-state index contributed by atoms with van der Waals surface area (Å²) < 4.78 is 41.4. The number of halogens is 3. The zero-order chi connectivity index (χ0) is 12.9. The van der Waals surface area contributed by atoms with Crippen LogP contribution in [-0.4, -0.2) is 19.6 Å². The standard InChI is InChI=1S/C11H12F3NO2/c1-17-7-6-10(16)15-9-4-2-8(3-5-9)11(12,13)14/h2-5H,6-7H2,1H3,(H,15,16). The molecule has 0 bridgehead atoms. The Hall–Kier alpha value is -1.56. The van der Waals surface area contributed by atoms with Crippen LogP contribution >= 0.6 is 0 Å². The van der Waals surface area contributed by atoms with Crippen molar-refractivity contribution in [1.82, 2.24) is 0 Å². The van der Waals surface area contributed by atoms with Crippen LogP contribution in [0.3, 0.4) is 0 Å². The molecule has 0 saturated carbocycles. The van der Waals surface area contributed by atoms with E-state index in [0.717, 1.165) is 12.1 Å². The maximum atomic E-state index is 12.2. The van der Waals surface area contributed by atoms with Crippen LogP contribution in [0.2, 0.25) is 0 Å². The highest BCUT2D eigenvalue weighted by Gasteiger charge is 2.29. The SMILES string of the molecule is COCCC(=O)Nc1ccc(C(F)(F)F)cc1. The second-order valence-corrected chi connectivity index (χ2v) is 3.37. The average Bonchev–Trinajstić information content (AvgIpc) is 2.26. The van der Waals surface area contributed by atoms with Crippen LogP contribution in [0.1, 0.15) is 12.0 Å². The maximum Gasteiger partial charge on any atom is 0.416 e. The number of carbonyl (C=O) groups excluding carboxylic acids is 1. The number of rotatable bonds is 4. The molecule has 1 amide bonds. The van der Waals surface area contributed by atoms with E-state index in [9.17, 15) is 18.0 Å². The molecule has 0 aliphatic rings. The van der Waals surface area contributed by atoms with Gasteiger partial charge in [-0.3, -0.25) is 4.79 Å². The van der Waals surface area contributed by atoms with E-state index in [1.54, 1.807) is 0 Å². The van der Waals surface area contributed by atoms with Gasteiger partial charge in [-0.25, -0.2) is 0 Å². The number of alkyl halides is 3. The van der Waals surface area contributed by atoms with Crippen LogP contribution in [0.5, 0.6) is 0 Å². The summed E-state index contributed by atoms with van der Waals surface area (Å²) in [6.07, 6.45) is -4.20. The van der Waals surface area contributed by atoms with E-state index in [1.807, 2.05) is 0 Å². The molecule has 17 heavy (non-hydrogen) atoms. The van der Waals surface area contributed by atoms with Gasteiger partial charge in [-0.2, -0.15) is 13.2 Å². The molecule has 1 aromatic carbocycles. The molecular formula is C11H12F3NO2. The Balaban J connectivity index is 2.60. The lowest BCUT2D eigenvalue weighted by Crippen LogP contribution is -2.13. The molecule has 0 spiro atoms. The molecule has 0 fully saturated rings. The summed E-state index contributed by atoms with van der Waals surface area (Å²) in [5, 5.41) is 2.47. The Bertz CT molecular complexity index is 373. The zero-order valence-electron chi connectivity index (χ0n) is 9.17. The van der Waals surface area contributed by atoms with E-state index in [-0.39, 0.29) is 18.9 Å². The predicted octanol–water partition coefficient (Wildman–Crippen LogP) is 2.68. The topological polar surface area (TPSA) is 38.3 Å². The minimum absolute atomic E-state index is 0.164. The van der Waals surface area contributed by atoms with Gasteiger partial charge in [-0.1, -0.05) is 0 Å². The fourth-order valence-electron chi connectivity index (χ4n) is 1.16. The summed E-state index contributed by atoms with van der Waals surface area (Å²) >= 11 is 0. The zero-order valence-corrected chi connectivity index (χ0v) is 9.17. The summed E-state index contributed by atoms with van der Waals surface area (Å²) in [6, 6.07) is 4.28. The van der Waals surface area contributed by atoms with E-state index >= 15 is 0 Å². The average molecular weight is 247 g/mol. The van der Waals surface area contributed by atoms with Crippen molar-refractivity contribution in [2.24, 2.45) is 0 Å². The van der Waals surface area contributed by atoms with Crippen LogP contribution < -0.4 is 5.32 Å². The van der Waals surface area contributed by atoms with Crippen molar-refractivity contribution in [2.45, 2.75) is 12.6 Å². The van der Waals surface area contributed by atoms with Crippen molar-refractivity contribution < 1.29 is 22.7 Å². The lowest BCUT2D eigenvalue weighted by Gasteiger charge is -2.08. The molecule has 0 radical (unpaired) electrons. The first-order valence-corrected chi connectivity index (χ1v) is 4.89. The van der Waals surface area contributed by atoms with Crippen molar-refractivity contribution in [2.75, 3.05) is 19.0 Å². The van der Waals surface area contributed by atoms with Crippen LogP contribution in [0.15, 0.2) is 24.3 Å². The van der Waals surface area contributed by atoms with Crippen molar-refractivity contribution in [3.8, 4) is 0 Å². The van der Waals surface area contributed by atoms with Crippen molar-refractivity contribution >= 4 is 11.6 Å². The highest BCUT2D eigenvalue weighted by molar-refractivity contribution is 5.90. The van der Waals surface area contributed by atoms with Crippen LogP contribution in [0.4, 0.5) is 18.9 Å². The molecule has 3 nitrogen and oxygen atoms in total. The number of carbonyl (C=O) groups is 1. The monoisotopic (exact) mass is 247 g/mol. The quantitative estimate of drug-likeness (QED) is 0.888. The van der Waals surface area contributed by atoms with Gasteiger partial charge in [0.15, 0.2) is 0 Å². The molecule has 0 unspecified atom stereocenters. The second-order valence-electron chi connectivity index (χ2n) is 3.37. The summed E-state index contributed by atoms with van der Waals surface area (Å²) in [6.45, 7) is 0.270. The Labute approximate surface area is 96.6 Å². The third-order valence-corrected chi connectivity index (χ3v) is 2.03. The van der Waals surface area contributed by atoms with E-state index in [1.165, 1.54) is 19.2 Å². The molecule has 0 heterocycles. The Morgan fingerprint density at radius 2 is 1.88 bits per heavy atom. The van der Waals surface area contributed by atoms with Gasteiger partial charge in [0.1, 0.15) is 0 Å². The molecule has 0 aliphatic heterocycles.